The minimum Gasteiger partial charge on any atom is -0.346 e. The summed E-state index contributed by atoms with van der Waals surface area (Å²) in [5.74, 6) is -0.309. The summed E-state index contributed by atoms with van der Waals surface area (Å²) < 4.78 is 1.11. The van der Waals surface area contributed by atoms with Gasteiger partial charge in [-0.3, -0.25) is 9.59 Å². The van der Waals surface area contributed by atoms with Crippen molar-refractivity contribution in [2.75, 3.05) is 0 Å². The van der Waals surface area contributed by atoms with Crippen molar-refractivity contribution < 1.29 is 4.79 Å². The summed E-state index contributed by atoms with van der Waals surface area (Å²) in [6, 6.07) is 12.1. The Hall–Kier alpha value is -3.29. The summed E-state index contributed by atoms with van der Waals surface area (Å²) in [5.41, 5.74) is 0.606. The summed E-state index contributed by atoms with van der Waals surface area (Å²) in [6.45, 7) is 0.245. The molecule has 2 aromatic heterocycles. The highest BCUT2D eigenvalue weighted by Gasteiger charge is 2.16. The molecular weight excluding hydrogens is 308 g/mol. The number of carbonyl (C=O) groups is 1. The minimum atomic E-state index is -0.322. The zero-order chi connectivity index (χ0) is 16.8. The number of carbonyl (C=O) groups excluding carboxylic acids is 1. The van der Waals surface area contributed by atoms with Gasteiger partial charge >= 0.3 is 0 Å². The second kappa shape index (κ2) is 7.32. The predicted molar refractivity (Wildman–Crippen MR) is 85.8 cm³/mol. The molecule has 122 valence electrons. The van der Waals surface area contributed by atoms with Crippen LogP contribution in [-0.4, -0.2) is 30.7 Å². The second-order valence-electron chi connectivity index (χ2n) is 5.13. The van der Waals surface area contributed by atoms with Gasteiger partial charge in [-0.1, -0.05) is 30.3 Å². The van der Waals surface area contributed by atoms with Crippen molar-refractivity contribution in [1.82, 2.24) is 30.1 Å². The first-order valence-corrected chi connectivity index (χ1v) is 7.43. The fourth-order valence-electron chi connectivity index (χ4n) is 2.30. The summed E-state index contributed by atoms with van der Waals surface area (Å²) in [4.78, 5) is 25.5. The quantitative estimate of drug-likeness (QED) is 0.708. The van der Waals surface area contributed by atoms with Gasteiger partial charge in [-0.2, -0.15) is 20.1 Å². The van der Waals surface area contributed by atoms with E-state index in [2.05, 4.69) is 20.6 Å². The van der Waals surface area contributed by atoms with Gasteiger partial charge in [0, 0.05) is 12.3 Å². The Morgan fingerprint density at radius 1 is 1.00 bits per heavy atom. The van der Waals surface area contributed by atoms with Crippen LogP contribution in [0, 0.1) is 0 Å². The molecule has 0 bridgehead atoms. The van der Waals surface area contributed by atoms with Gasteiger partial charge in [0.15, 0.2) is 0 Å². The second-order valence-corrected chi connectivity index (χ2v) is 5.13. The van der Waals surface area contributed by atoms with Crippen LogP contribution in [0.1, 0.15) is 11.6 Å². The normalized spacial score (nSPS) is 11.8. The van der Waals surface area contributed by atoms with E-state index in [1.165, 1.54) is 23.1 Å². The lowest BCUT2D eigenvalue weighted by Gasteiger charge is -2.19. The average molecular weight is 324 g/mol. The Balaban J connectivity index is 1.75. The maximum absolute atomic E-state index is 12.3. The molecule has 0 saturated carbocycles. The number of nitrogens with one attached hydrogen (secondary N) is 1. The van der Waals surface area contributed by atoms with Gasteiger partial charge in [-0.05, 0) is 11.6 Å². The maximum Gasteiger partial charge on any atom is 0.267 e. The molecule has 0 aliphatic heterocycles. The van der Waals surface area contributed by atoms with E-state index in [4.69, 9.17) is 0 Å². The first-order valence-electron chi connectivity index (χ1n) is 7.43. The summed E-state index contributed by atoms with van der Waals surface area (Å²) in [6.07, 6.45) is 4.63. The topological polar surface area (TPSA) is 94.7 Å². The van der Waals surface area contributed by atoms with E-state index in [1.807, 2.05) is 30.3 Å². The molecule has 3 aromatic rings. The third-order valence-electron chi connectivity index (χ3n) is 3.43. The largest absolute Gasteiger partial charge is 0.346 e. The van der Waals surface area contributed by atoms with Crippen LogP contribution in [0.5, 0.6) is 0 Å². The fraction of sp³-hybridized carbons (Fsp3) is 0.188. The summed E-state index contributed by atoms with van der Waals surface area (Å²) in [7, 11) is 0. The van der Waals surface area contributed by atoms with Crippen molar-refractivity contribution in [2.24, 2.45) is 0 Å². The molecule has 3 rings (SSSR count). The van der Waals surface area contributed by atoms with E-state index in [0.717, 1.165) is 10.2 Å². The number of nitrogens with zero attached hydrogens (tertiary/aromatic N) is 5. The number of benzene rings is 1. The minimum absolute atomic E-state index is 0.143. The SMILES string of the molecule is O=C(Cn1ncccc1=O)N[C@H](Cn1nccn1)c1ccccc1. The Kier molecular flexibility index (Phi) is 4.76. The maximum atomic E-state index is 12.3. The van der Waals surface area contributed by atoms with Gasteiger partial charge in [-0.25, -0.2) is 4.68 Å². The van der Waals surface area contributed by atoms with Crippen molar-refractivity contribution >= 4 is 5.91 Å². The number of hydrogen-bond donors (Lipinski definition) is 1. The third kappa shape index (κ3) is 3.92. The fourth-order valence-corrected chi connectivity index (χ4v) is 2.30. The molecule has 1 N–H and O–H groups in total. The lowest BCUT2D eigenvalue weighted by molar-refractivity contribution is -0.122. The lowest BCUT2D eigenvalue weighted by Crippen LogP contribution is -2.37. The standard InChI is InChI=1S/C16H16N6O2/c23-15(12-21-16(24)7-4-8-17-21)20-14(11-22-18-9-10-19-22)13-5-2-1-3-6-13/h1-10,14H,11-12H2,(H,20,23)/t14-/m1/s1. The Bertz CT molecular complexity index is 844. The van der Waals surface area contributed by atoms with Gasteiger partial charge in [0.2, 0.25) is 5.91 Å². The molecule has 0 saturated heterocycles. The van der Waals surface area contributed by atoms with Crippen LogP contribution in [-0.2, 0) is 17.9 Å². The van der Waals surface area contributed by atoms with E-state index in [0.29, 0.717) is 6.54 Å². The van der Waals surface area contributed by atoms with Crippen molar-refractivity contribution in [3.63, 3.8) is 0 Å². The molecule has 8 heteroatoms. The van der Waals surface area contributed by atoms with Crippen LogP contribution in [0.3, 0.4) is 0 Å². The van der Waals surface area contributed by atoms with Crippen LogP contribution in [0.4, 0.5) is 0 Å². The van der Waals surface area contributed by atoms with E-state index < -0.39 is 0 Å². The Morgan fingerprint density at radius 2 is 1.75 bits per heavy atom. The zero-order valence-electron chi connectivity index (χ0n) is 12.8. The molecule has 0 unspecified atom stereocenters. The first kappa shape index (κ1) is 15.6. The van der Waals surface area contributed by atoms with E-state index in [-0.39, 0.29) is 24.1 Å². The predicted octanol–water partition coefficient (Wildman–Crippen LogP) is 0.393. The van der Waals surface area contributed by atoms with Crippen LogP contribution in [0.2, 0.25) is 0 Å². The molecule has 2 heterocycles. The van der Waals surface area contributed by atoms with Gasteiger partial charge in [-0.15, -0.1) is 0 Å². The highest BCUT2D eigenvalue weighted by atomic mass is 16.2. The molecule has 1 aromatic carbocycles. The molecule has 8 nitrogen and oxygen atoms in total. The highest BCUT2D eigenvalue weighted by Crippen LogP contribution is 2.14. The molecule has 1 amide bonds. The van der Waals surface area contributed by atoms with Gasteiger partial charge < -0.3 is 5.32 Å². The zero-order valence-corrected chi connectivity index (χ0v) is 12.8. The van der Waals surface area contributed by atoms with Crippen molar-refractivity contribution in [1.29, 1.82) is 0 Å². The van der Waals surface area contributed by atoms with Gasteiger partial charge in [0.1, 0.15) is 6.54 Å². The molecule has 24 heavy (non-hydrogen) atoms. The smallest absolute Gasteiger partial charge is 0.267 e. The number of hydrogen-bond acceptors (Lipinski definition) is 5. The summed E-state index contributed by atoms with van der Waals surface area (Å²) >= 11 is 0. The summed E-state index contributed by atoms with van der Waals surface area (Å²) in [5, 5.41) is 14.9. The van der Waals surface area contributed by atoms with E-state index in [9.17, 15) is 9.59 Å². The Labute approximate surface area is 137 Å². The lowest BCUT2D eigenvalue weighted by atomic mass is 10.1. The molecular formula is C16H16N6O2. The van der Waals surface area contributed by atoms with Crippen LogP contribution in [0.15, 0.2) is 65.8 Å². The molecule has 1 atom stereocenters. The monoisotopic (exact) mass is 324 g/mol. The molecule has 0 spiro atoms. The van der Waals surface area contributed by atoms with Crippen LogP contribution in [0.25, 0.3) is 0 Å². The van der Waals surface area contributed by atoms with Crippen molar-refractivity contribution in [3.05, 3.63) is 77.0 Å². The molecule has 0 fully saturated rings. The van der Waals surface area contributed by atoms with Gasteiger partial charge in [0.05, 0.1) is 25.0 Å². The van der Waals surface area contributed by atoms with Gasteiger partial charge in [0.25, 0.3) is 5.56 Å². The number of amides is 1. The number of aromatic nitrogens is 5. The van der Waals surface area contributed by atoms with Crippen molar-refractivity contribution in [2.45, 2.75) is 19.1 Å². The highest BCUT2D eigenvalue weighted by molar-refractivity contribution is 5.76. The first-order chi connectivity index (χ1) is 11.7. The van der Waals surface area contributed by atoms with Crippen LogP contribution >= 0.6 is 0 Å². The van der Waals surface area contributed by atoms with Crippen molar-refractivity contribution in [3.8, 4) is 0 Å². The van der Waals surface area contributed by atoms with E-state index in [1.54, 1.807) is 12.4 Å². The molecule has 0 aliphatic carbocycles. The molecule has 0 radical (unpaired) electrons. The number of rotatable bonds is 6. The third-order valence-corrected chi connectivity index (χ3v) is 3.43. The molecule has 0 aliphatic rings. The van der Waals surface area contributed by atoms with E-state index >= 15 is 0 Å². The Morgan fingerprint density at radius 3 is 2.46 bits per heavy atom. The van der Waals surface area contributed by atoms with Crippen LogP contribution < -0.4 is 10.9 Å². The average Bonchev–Trinajstić information content (AvgIpc) is 3.10.